The van der Waals surface area contributed by atoms with Crippen molar-refractivity contribution < 1.29 is 14.3 Å². The third-order valence-electron chi connectivity index (χ3n) is 2.71. The summed E-state index contributed by atoms with van der Waals surface area (Å²) in [6.45, 7) is 6.27. The van der Waals surface area contributed by atoms with Crippen LogP contribution in [0.25, 0.3) is 0 Å². The minimum absolute atomic E-state index is 0.203. The fraction of sp³-hybridized carbons (Fsp3) is 0.429. The molecule has 4 nitrogen and oxygen atoms in total. The standard InChI is InChI=1S/C14H19NO3/c1-4-18-13(17)12(16)15-10-14(2,3)11-8-6-5-7-9-11/h5-9H,4,10H2,1-3H3,(H,15,16). The van der Waals surface area contributed by atoms with E-state index in [4.69, 9.17) is 0 Å². The molecule has 1 aromatic carbocycles. The van der Waals surface area contributed by atoms with E-state index in [-0.39, 0.29) is 12.0 Å². The summed E-state index contributed by atoms with van der Waals surface area (Å²) >= 11 is 0. The number of ether oxygens (including phenoxy) is 1. The summed E-state index contributed by atoms with van der Waals surface area (Å²) in [5.74, 6) is -1.53. The first kappa shape index (κ1) is 14.2. The Labute approximate surface area is 107 Å². The van der Waals surface area contributed by atoms with Crippen molar-refractivity contribution in [2.24, 2.45) is 0 Å². The van der Waals surface area contributed by atoms with E-state index in [1.165, 1.54) is 0 Å². The molecule has 1 aromatic rings. The molecule has 0 aliphatic heterocycles. The monoisotopic (exact) mass is 249 g/mol. The molecule has 0 bridgehead atoms. The molecule has 0 unspecified atom stereocenters. The summed E-state index contributed by atoms with van der Waals surface area (Å²) < 4.78 is 4.62. The fourth-order valence-corrected chi connectivity index (χ4v) is 1.56. The van der Waals surface area contributed by atoms with Crippen molar-refractivity contribution in [3.8, 4) is 0 Å². The number of hydrogen-bond acceptors (Lipinski definition) is 3. The van der Waals surface area contributed by atoms with Crippen molar-refractivity contribution in [3.63, 3.8) is 0 Å². The van der Waals surface area contributed by atoms with Gasteiger partial charge in [-0.25, -0.2) is 4.79 Å². The molecule has 0 heterocycles. The summed E-state index contributed by atoms with van der Waals surface area (Å²) in [4.78, 5) is 22.6. The van der Waals surface area contributed by atoms with Crippen LogP contribution < -0.4 is 5.32 Å². The van der Waals surface area contributed by atoms with Gasteiger partial charge in [0.25, 0.3) is 0 Å². The predicted octanol–water partition coefficient (Wildman–Crippen LogP) is 1.64. The highest BCUT2D eigenvalue weighted by Crippen LogP contribution is 2.21. The number of nitrogens with one attached hydrogen (secondary N) is 1. The van der Waals surface area contributed by atoms with E-state index >= 15 is 0 Å². The van der Waals surface area contributed by atoms with Gasteiger partial charge in [-0.2, -0.15) is 0 Å². The molecule has 1 N–H and O–H groups in total. The van der Waals surface area contributed by atoms with Crippen molar-refractivity contribution in [2.45, 2.75) is 26.2 Å². The van der Waals surface area contributed by atoms with E-state index in [2.05, 4.69) is 10.1 Å². The van der Waals surface area contributed by atoms with Gasteiger partial charge in [0, 0.05) is 12.0 Å². The van der Waals surface area contributed by atoms with Crippen LogP contribution in [0, 0.1) is 0 Å². The van der Waals surface area contributed by atoms with Crippen molar-refractivity contribution in [3.05, 3.63) is 35.9 Å². The molecule has 0 fully saturated rings. The number of hydrogen-bond donors (Lipinski definition) is 1. The average molecular weight is 249 g/mol. The lowest BCUT2D eigenvalue weighted by Gasteiger charge is -2.25. The van der Waals surface area contributed by atoms with Crippen molar-refractivity contribution >= 4 is 11.9 Å². The Hall–Kier alpha value is -1.84. The lowest BCUT2D eigenvalue weighted by Crippen LogP contribution is -2.40. The SMILES string of the molecule is CCOC(=O)C(=O)NCC(C)(C)c1ccccc1. The van der Waals surface area contributed by atoms with E-state index in [0.29, 0.717) is 6.54 Å². The molecule has 0 aromatic heterocycles. The van der Waals surface area contributed by atoms with Crippen LogP contribution in [0.5, 0.6) is 0 Å². The Balaban J connectivity index is 2.57. The molecule has 4 heteroatoms. The van der Waals surface area contributed by atoms with Crippen LogP contribution in [0.3, 0.4) is 0 Å². The van der Waals surface area contributed by atoms with Gasteiger partial charge in [0.05, 0.1) is 6.61 Å². The molecule has 0 saturated heterocycles. The smallest absolute Gasteiger partial charge is 0.396 e. The second-order valence-electron chi connectivity index (χ2n) is 4.65. The maximum absolute atomic E-state index is 11.4. The molecular formula is C14H19NO3. The minimum atomic E-state index is -0.832. The third-order valence-corrected chi connectivity index (χ3v) is 2.71. The number of benzene rings is 1. The molecule has 0 radical (unpaired) electrons. The Morgan fingerprint density at radius 2 is 1.83 bits per heavy atom. The van der Waals surface area contributed by atoms with Gasteiger partial charge in [-0.1, -0.05) is 44.2 Å². The molecule has 0 spiro atoms. The topological polar surface area (TPSA) is 55.4 Å². The lowest BCUT2D eigenvalue weighted by atomic mass is 9.84. The van der Waals surface area contributed by atoms with Crippen molar-refractivity contribution in [1.29, 1.82) is 0 Å². The molecule has 1 amide bonds. The van der Waals surface area contributed by atoms with E-state index in [0.717, 1.165) is 5.56 Å². The molecule has 0 saturated carbocycles. The lowest BCUT2D eigenvalue weighted by molar-refractivity contribution is -0.154. The zero-order valence-electron chi connectivity index (χ0n) is 11.0. The summed E-state index contributed by atoms with van der Waals surface area (Å²) in [6, 6.07) is 9.83. The highest BCUT2D eigenvalue weighted by Gasteiger charge is 2.23. The number of rotatable bonds is 4. The van der Waals surface area contributed by atoms with Gasteiger partial charge in [-0.15, -0.1) is 0 Å². The Morgan fingerprint density at radius 1 is 1.22 bits per heavy atom. The molecule has 98 valence electrons. The quantitative estimate of drug-likeness (QED) is 0.652. The van der Waals surface area contributed by atoms with E-state index < -0.39 is 11.9 Å². The Bertz CT molecular complexity index is 412. The zero-order chi connectivity index (χ0) is 13.6. The Morgan fingerprint density at radius 3 is 2.39 bits per heavy atom. The van der Waals surface area contributed by atoms with Gasteiger partial charge in [0.1, 0.15) is 0 Å². The largest absolute Gasteiger partial charge is 0.459 e. The molecule has 18 heavy (non-hydrogen) atoms. The van der Waals surface area contributed by atoms with Crippen LogP contribution in [0.15, 0.2) is 30.3 Å². The van der Waals surface area contributed by atoms with E-state index in [1.807, 2.05) is 44.2 Å². The van der Waals surface area contributed by atoms with Gasteiger partial charge < -0.3 is 10.1 Å². The zero-order valence-corrected chi connectivity index (χ0v) is 11.0. The second-order valence-corrected chi connectivity index (χ2v) is 4.65. The van der Waals surface area contributed by atoms with Crippen molar-refractivity contribution in [2.75, 3.05) is 13.2 Å². The summed E-state index contributed by atoms with van der Waals surface area (Å²) in [6.07, 6.45) is 0. The number of amides is 1. The van der Waals surface area contributed by atoms with Gasteiger partial charge >= 0.3 is 11.9 Å². The number of carbonyl (C=O) groups excluding carboxylic acids is 2. The highest BCUT2D eigenvalue weighted by atomic mass is 16.5. The van der Waals surface area contributed by atoms with E-state index in [9.17, 15) is 9.59 Å². The van der Waals surface area contributed by atoms with Gasteiger partial charge in [0.15, 0.2) is 0 Å². The highest BCUT2D eigenvalue weighted by molar-refractivity contribution is 6.32. The van der Waals surface area contributed by atoms with Crippen LogP contribution in [0.4, 0.5) is 0 Å². The van der Waals surface area contributed by atoms with Crippen LogP contribution in [0.1, 0.15) is 26.3 Å². The molecule has 1 rings (SSSR count). The maximum atomic E-state index is 11.4. The Kier molecular flexibility index (Phi) is 4.89. The average Bonchev–Trinajstić information content (AvgIpc) is 2.37. The predicted molar refractivity (Wildman–Crippen MR) is 69.1 cm³/mol. The molecular weight excluding hydrogens is 230 g/mol. The minimum Gasteiger partial charge on any atom is -0.459 e. The van der Waals surface area contributed by atoms with Crippen molar-refractivity contribution in [1.82, 2.24) is 5.32 Å². The van der Waals surface area contributed by atoms with Gasteiger partial charge in [-0.3, -0.25) is 4.79 Å². The summed E-state index contributed by atoms with van der Waals surface area (Å²) in [5, 5.41) is 2.59. The van der Waals surface area contributed by atoms with E-state index in [1.54, 1.807) is 6.92 Å². The normalized spacial score (nSPS) is 10.8. The molecule has 0 aliphatic carbocycles. The van der Waals surface area contributed by atoms with Gasteiger partial charge in [-0.05, 0) is 12.5 Å². The fourth-order valence-electron chi connectivity index (χ4n) is 1.56. The molecule has 0 atom stereocenters. The van der Waals surface area contributed by atoms with Crippen LogP contribution in [-0.2, 0) is 19.7 Å². The number of carbonyl (C=O) groups is 2. The summed E-state index contributed by atoms with van der Waals surface area (Å²) in [7, 11) is 0. The maximum Gasteiger partial charge on any atom is 0.396 e. The third kappa shape index (κ3) is 3.87. The number of esters is 1. The first-order valence-corrected chi connectivity index (χ1v) is 5.98. The van der Waals surface area contributed by atoms with Crippen LogP contribution in [-0.4, -0.2) is 25.0 Å². The first-order valence-electron chi connectivity index (χ1n) is 5.98. The van der Waals surface area contributed by atoms with Crippen LogP contribution in [0.2, 0.25) is 0 Å². The summed E-state index contributed by atoms with van der Waals surface area (Å²) in [5.41, 5.74) is 0.873. The van der Waals surface area contributed by atoms with Crippen LogP contribution >= 0.6 is 0 Å². The second kappa shape index (κ2) is 6.19. The first-order chi connectivity index (χ1) is 8.47. The molecule has 0 aliphatic rings. The van der Waals surface area contributed by atoms with Gasteiger partial charge in [0.2, 0.25) is 0 Å².